The molecule has 2 aromatic carbocycles. The fourth-order valence-electron chi connectivity index (χ4n) is 3.40. The van der Waals surface area contributed by atoms with Crippen molar-refractivity contribution < 1.29 is 19.0 Å². The van der Waals surface area contributed by atoms with Gasteiger partial charge in [-0.05, 0) is 66.3 Å². The molecule has 1 saturated carbocycles. The van der Waals surface area contributed by atoms with Crippen molar-refractivity contribution in [2.45, 2.75) is 25.3 Å². The Balaban J connectivity index is 1.56. The quantitative estimate of drug-likeness (QED) is 0.606. The van der Waals surface area contributed by atoms with Crippen molar-refractivity contribution in [3.63, 3.8) is 0 Å². The van der Waals surface area contributed by atoms with Gasteiger partial charge in [0, 0.05) is 29.3 Å². The molecule has 0 amide bonds. The van der Waals surface area contributed by atoms with Gasteiger partial charge in [-0.3, -0.25) is 0 Å². The van der Waals surface area contributed by atoms with Gasteiger partial charge in [-0.15, -0.1) is 0 Å². The van der Waals surface area contributed by atoms with Crippen molar-refractivity contribution in [2.24, 2.45) is 0 Å². The molecule has 150 valence electrons. The average molecular weight is 434 g/mol. The maximum Gasteiger partial charge on any atom is 0.338 e. The second kappa shape index (κ2) is 8.09. The summed E-state index contributed by atoms with van der Waals surface area (Å²) in [5.41, 5.74) is 1.44. The Labute approximate surface area is 177 Å². The van der Waals surface area contributed by atoms with Crippen LogP contribution in [0.25, 0.3) is 0 Å². The molecule has 7 heteroatoms. The zero-order valence-electron chi connectivity index (χ0n) is 15.4. The molecule has 0 atom stereocenters. The molecule has 2 aliphatic rings. The minimum absolute atomic E-state index is 0.272. The SMILES string of the molecule is O=C(O)c1cc(C2CC2)c(CN2C=C(Oc3cc(Cl)cc(Cl)c3)C=CC2)cc1F. The number of carbonyl (C=O) groups is 1. The van der Waals surface area contributed by atoms with Crippen molar-refractivity contribution in [2.75, 3.05) is 6.54 Å². The predicted octanol–water partition coefficient (Wildman–Crippen LogP) is 6.00. The fourth-order valence-corrected chi connectivity index (χ4v) is 3.91. The Morgan fingerprint density at radius 2 is 1.90 bits per heavy atom. The maximum absolute atomic E-state index is 14.3. The van der Waals surface area contributed by atoms with E-state index in [0.717, 1.165) is 24.0 Å². The zero-order chi connectivity index (χ0) is 20.5. The van der Waals surface area contributed by atoms with Gasteiger partial charge in [-0.1, -0.05) is 29.3 Å². The summed E-state index contributed by atoms with van der Waals surface area (Å²) >= 11 is 12.0. The molecule has 4 rings (SSSR count). The normalized spacial score (nSPS) is 16.0. The van der Waals surface area contributed by atoms with Gasteiger partial charge in [-0.25, -0.2) is 9.18 Å². The van der Waals surface area contributed by atoms with Crippen LogP contribution in [-0.4, -0.2) is 22.5 Å². The van der Waals surface area contributed by atoms with Crippen LogP contribution in [0.4, 0.5) is 4.39 Å². The van der Waals surface area contributed by atoms with Crippen LogP contribution in [0.2, 0.25) is 10.0 Å². The molecule has 1 aliphatic carbocycles. The summed E-state index contributed by atoms with van der Waals surface area (Å²) in [5.74, 6) is -0.524. The Bertz CT molecular complexity index is 1010. The number of nitrogens with zero attached hydrogens (tertiary/aromatic N) is 1. The molecule has 0 aromatic heterocycles. The molecule has 1 heterocycles. The van der Waals surface area contributed by atoms with Gasteiger partial charge in [0.05, 0.1) is 5.56 Å². The third-order valence-corrected chi connectivity index (χ3v) is 5.29. The molecule has 4 nitrogen and oxygen atoms in total. The lowest BCUT2D eigenvalue weighted by molar-refractivity contribution is 0.0691. The molecule has 29 heavy (non-hydrogen) atoms. The van der Waals surface area contributed by atoms with Crippen LogP contribution in [0.1, 0.15) is 40.2 Å². The van der Waals surface area contributed by atoms with E-state index in [1.54, 1.807) is 18.2 Å². The third kappa shape index (κ3) is 4.74. The highest BCUT2D eigenvalue weighted by Crippen LogP contribution is 2.43. The van der Waals surface area contributed by atoms with E-state index in [0.29, 0.717) is 40.6 Å². The van der Waals surface area contributed by atoms with Crippen molar-refractivity contribution in [1.29, 1.82) is 0 Å². The average Bonchev–Trinajstić information content (AvgIpc) is 3.46. The first-order valence-corrected chi connectivity index (χ1v) is 9.96. The second-order valence-corrected chi connectivity index (χ2v) is 8.05. The first-order chi connectivity index (χ1) is 13.9. The van der Waals surface area contributed by atoms with E-state index >= 15 is 0 Å². The predicted molar refractivity (Wildman–Crippen MR) is 110 cm³/mol. The van der Waals surface area contributed by atoms with Crippen LogP contribution in [0.5, 0.6) is 5.75 Å². The van der Waals surface area contributed by atoms with Crippen LogP contribution in [0.3, 0.4) is 0 Å². The lowest BCUT2D eigenvalue weighted by Gasteiger charge is -2.25. The molecule has 1 fully saturated rings. The summed E-state index contributed by atoms with van der Waals surface area (Å²) in [6.45, 7) is 1.09. The number of hydrogen-bond donors (Lipinski definition) is 1. The minimum atomic E-state index is -1.24. The molecular formula is C22H18Cl2FNO3. The van der Waals surface area contributed by atoms with Crippen molar-refractivity contribution in [3.05, 3.63) is 87.0 Å². The topological polar surface area (TPSA) is 49.8 Å². The first-order valence-electron chi connectivity index (χ1n) is 9.21. The van der Waals surface area contributed by atoms with E-state index < -0.39 is 11.8 Å². The summed E-state index contributed by atoms with van der Waals surface area (Å²) in [6.07, 6.45) is 7.63. The zero-order valence-corrected chi connectivity index (χ0v) is 16.9. The lowest BCUT2D eigenvalue weighted by Crippen LogP contribution is -2.22. The summed E-state index contributed by atoms with van der Waals surface area (Å²) in [7, 11) is 0. The fraction of sp³-hybridized carbons (Fsp3) is 0.227. The monoisotopic (exact) mass is 433 g/mol. The van der Waals surface area contributed by atoms with E-state index in [-0.39, 0.29) is 5.56 Å². The van der Waals surface area contributed by atoms with Gasteiger partial charge in [0.2, 0.25) is 0 Å². The highest BCUT2D eigenvalue weighted by molar-refractivity contribution is 6.34. The first kappa shape index (κ1) is 19.8. The minimum Gasteiger partial charge on any atom is -0.478 e. The van der Waals surface area contributed by atoms with Gasteiger partial charge >= 0.3 is 5.97 Å². The number of aromatic carboxylic acids is 1. The van der Waals surface area contributed by atoms with Crippen molar-refractivity contribution in [3.8, 4) is 5.75 Å². The summed E-state index contributed by atoms with van der Waals surface area (Å²) < 4.78 is 20.1. The van der Waals surface area contributed by atoms with Crippen molar-refractivity contribution in [1.82, 2.24) is 4.90 Å². The standard InChI is InChI=1S/C22H18Cl2FNO3/c23-15-7-16(24)9-18(8-15)29-17-2-1-5-26(12-17)11-14-6-21(25)20(22(27)28)10-19(14)13-3-4-13/h1-2,6-10,12-13H,3-5,11H2,(H,27,28). The largest absolute Gasteiger partial charge is 0.478 e. The number of halogens is 3. The van der Waals surface area contributed by atoms with Crippen molar-refractivity contribution >= 4 is 29.2 Å². The van der Waals surface area contributed by atoms with Gasteiger partial charge < -0.3 is 14.7 Å². The van der Waals surface area contributed by atoms with Crippen LogP contribution in [-0.2, 0) is 6.54 Å². The molecule has 0 spiro atoms. The van der Waals surface area contributed by atoms with E-state index in [9.17, 15) is 14.3 Å². The number of rotatable bonds is 6. The third-order valence-electron chi connectivity index (χ3n) is 4.85. The van der Waals surface area contributed by atoms with Gasteiger partial charge in [-0.2, -0.15) is 0 Å². The maximum atomic E-state index is 14.3. The Hall–Kier alpha value is -2.50. The Morgan fingerprint density at radius 1 is 1.17 bits per heavy atom. The lowest BCUT2D eigenvalue weighted by atomic mass is 9.99. The number of ether oxygens (including phenoxy) is 1. The van der Waals surface area contributed by atoms with E-state index in [4.69, 9.17) is 27.9 Å². The highest BCUT2D eigenvalue weighted by atomic mass is 35.5. The number of allylic oxidation sites excluding steroid dienone is 1. The Kier molecular flexibility index (Phi) is 5.52. The molecular weight excluding hydrogens is 416 g/mol. The van der Waals surface area contributed by atoms with Gasteiger partial charge in [0.1, 0.15) is 17.3 Å². The molecule has 1 aliphatic heterocycles. The molecule has 0 saturated heterocycles. The van der Waals surface area contributed by atoms with E-state index in [1.807, 2.05) is 23.3 Å². The molecule has 2 aromatic rings. The Morgan fingerprint density at radius 3 is 2.55 bits per heavy atom. The summed E-state index contributed by atoms with van der Waals surface area (Å²) in [4.78, 5) is 13.3. The highest BCUT2D eigenvalue weighted by Gasteiger charge is 2.29. The van der Waals surface area contributed by atoms with Gasteiger partial charge in [0.25, 0.3) is 0 Å². The molecule has 0 unspecified atom stereocenters. The molecule has 0 bridgehead atoms. The molecule has 1 N–H and O–H groups in total. The number of carboxylic acids is 1. The van der Waals surface area contributed by atoms with E-state index in [2.05, 4.69) is 0 Å². The smallest absolute Gasteiger partial charge is 0.338 e. The van der Waals surface area contributed by atoms with Gasteiger partial charge in [0.15, 0.2) is 0 Å². The number of carboxylic acid groups (broad SMARTS) is 1. The molecule has 0 radical (unpaired) electrons. The van der Waals surface area contributed by atoms with Crippen LogP contribution >= 0.6 is 23.2 Å². The number of benzene rings is 2. The number of hydrogen-bond acceptors (Lipinski definition) is 3. The van der Waals surface area contributed by atoms with Crippen LogP contribution in [0.15, 0.2) is 54.4 Å². The van der Waals surface area contributed by atoms with Crippen LogP contribution < -0.4 is 4.74 Å². The summed E-state index contributed by atoms with van der Waals surface area (Å²) in [5, 5.41) is 10.2. The second-order valence-electron chi connectivity index (χ2n) is 7.18. The summed E-state index contributed by atoms with van der Waals surface area (Å²) in [6, 6.07) is 7.81. The van der Waals surface area contributed by atoms with E-state index in [1.165, 1.54) is 12.1 Å². The van der Waals surface area contributed by atoms with Crippen LogP contribution in [0, 0.1) is 5.82 Å².